The van der Waals surface area contributed by atoms with Crippen LogP contribution in [0, 0.1) is 11.7 Å². The number of fused-ring (bicyclic) bond motifs is 1. The van der Waals surface area contributed by atoms with Crippen molar-refractivity contribution in [3.8, 4) is 5.75 Å². The molecule has 2 unspecified atom stereocenters. The lowest BCUT2D eigenvalue weighted by Crippen LogP contribution is -2.35. The first-order valence-electron chi connectivity index (χ1n) is 4.84. The van der Waals surface area contributed by atoms with E-state index in [1.165, 1.54) is 6.07 Å². The van der Waals surface area contributed by atoms with Crippen LogP contribution in [-0.4, -0.2) is 12.6 Å². The summed E-state index contributed by atoms with van der Waals surface area (Å²) in [6.07, 6.45) is 0.810. The fourth-order valence-corrected chi connectivity index (χ4v) is 1.75. The van der Waals surface area contributed by atoms with Crippen LogP contribution < -0.4 is 10.5 Å². The third-order valence-electron chi connectivity index (χ3n) is 2.72. The molecule has 0 aliphatic carbocycles. The molecular formula is C11H14FNO. The molecule has 2 rings (SSSR count). The summed E-state index contributed by atoms with van der Waals surface area (Å²) in [5.74, 6) is 0.430. The Labute approximate surface area is 82.9 Å². The number of rotatable bonds is 1. The third-order valence-corrected chi connectivity index (χ3v) is 2.72. The van der Waals surface area contributed by atoms with Crippen molar-refractivity contribution in [1.82, 2.24) is 0 Å². The molecule has 1 aliphatic heterocycles. The standard InChI is InChI=1S/C11H14FNO/c1-7(13)9-5-8-3-2-4-10(12)11(8)14-6-9/h2-4,7,9H,5-6,13H2,1H3. The van der Waals surface area contributed by atoms with Gasteiger partial charge in [-0.2, -0.15) is 0 Å². The largest absolute Gasteiger partial charge is 0.490 e. The van der Waals surface area contributed by atoms with Crippen molar-refractivity contribution in [2.75, 3.05) is 6.61 Å². The molecule has 2 nitrogen and oxygen atoms in total. The summed E-state index contributed by atoms with van der Waals surface area (Å²) in [4.78, 5) is 0. The first-order valence-corrected chi connectivity index (χ1v) is 4.84. The van der Waals surface area contributed by atoms with E-state index in [2.05, 4.69) is 0 Å². The van der Waals surface area contributed by atoms with Crippen molar-refractivity contribution >= 4 is 0 Å². The van der Waals surface area contributed by atoms with Crippen LogP contribution in [0.15, 0.2) is 18.2 Å². The first kappa shape index (κ1) is 9.46. The van der Waals surface area contributed by atoms with Crippen LogP contribution in [0.4, 0.5) is 4.39 Å². The van der Waals surface area contributed by atoms with Gasteiger partial charge in [-0.25, -0.2) is 4.39 Å². The maximum atomic E-state index is 13.2. The van der Waals surface area contributed by atoms with Gasteiger partial charge < -0.3 is 10.5 Å². The summed E-state index contributed by atoms with van der Waals surface area (Å²) in [5, 5.41) is 0. The van der Waals surface area contributed by atoms with E-state index in [0.717, 1.165) is 12.0 Å². The molecule has 0 aromatic heterocycles. The lowest BCUT2D eigenvalue weighted by atomic mass is 9.92. The molecule has 1 aromatic rings. The lowest BCUT2D eigenvalue weighted by molar-refractivity contribution is 0.196. The molecule has 76 valence electrons. The second-order valence-corrected chi connectivity index (χ2v) is 3.86. The number of benzene rings is 1. The van der Waals surface area contributed by atoms with Gasteiger partial charge in [0.1, 0.15) is 0 Å². The van der Waals surface area contributed by atoms with Crippen molar-refractivity contribution in [1.29, 1.82) is 0 Å². The Morgan fingerprint density at radius 1 is 1.57 bits per heavy atom. The van der Waals surface area contributed by atoms with Gasteiger partial charge in [0, 0.05) is 12.0 Å². The second-order valence-electron chi connectivity index (χ2n) is 3.86. The molecule has 0 bridgehead atoms. The Kier molecular flexibility index (Phi) is 2.42. The Balaban J connectivity index is 2.27. The van der Waals surface area contributed by atoms with Crippen molar-refractivity contribution < 1.29 is 9.13 Å². The van der Waals surface area contributed by atoms with E-state index in [0.29, 0.717) is 18.3 Å². The number of nitrogens with two attached hydrogens (primary N) is 1. The highest BCUT2D eigenvalue weighted by Crippen LogP contribution is 2.30. The molecule has 0 saturated heterocycles. The SMILES string of the molecule is CC(N)C1COc2c(F)cccc2C1. The molecule has 0 spiro atoms. The molecule has 2 atom stereocenters. The van der Waals surface area contributed by atoms with Gasteiger partial charge in [-0.3, -0.25) is 0 Å². The molecule has 3 heteroatoms. The highest BCUT2D eigenvalue weighted by atomic mass is 19.1. The second kappa shape index (κ2) is 3.58. The van der Waals surface area contributed by atoms with Crippen molar-refractivity contribution in [3.63, 3.8) is 0 Å². The highest BCUT2D eigenvalue weighted by Gasteiger charge is 2.24. The smallest absolute Gasteiger partial charge is 0.165 e. The average Bonchev–Trinajstić information content (AvgIpc) is 2.17. The molecule has 14 heavy (non-hydrogen) atoms. The van der Waals surface area contributed by atoms with Crippen LogP contribution >= 0.6 is 0 Å². The molecule has 1 aliphatic rings. The summed E-state index contributed by atoms with van der Waals surface area (Å²) in [7, 11) is 0. The summed E-state index contributed by atoms with van der Waals surface area (Å²) in [5.41, 5.74) is 6.72. The predicted molar refractivity (Wildman–Crippen MR) is 52.7 cm³/mol. The molecule has 1 aromatic carbocycles. The Morgan fingerprint density at radius 2 is 2.36 bits per heavy atom. The van der Waals surface area contributed by atoms with Gasteiger partial charge in [0.05, 0.1) is 6.61 Å². The van der Waals surface area contributed by atoms with E-state index in [1.54, 1.807) is 6.07 Å². The van der Waals surface area contributed by atoms with E-state index in [1.807, 2.05) is 13.0 Å². The monoisotopic (exact) mass is 195 g/mol. The van der Waals surface area contributed by atoms with Crippen molar-refractivity contribution in [2.45, 2.75) is 19.4 Å². The quantitative estimate of drug-likeness (QED) is 0.740. The van der Waals surface area contributed by atoms with Gasteiger partial charge in [-0.15, -0.1) is 0 Å². The molecule has 1 heterocycles. The fraction of sp³-hybridized carbons (Fsp3) is 0.455. The average molecular weight is 195 g/mol. The third kappa shape index (κ3) is 1.60. The van der Waals surface area contributed by atoms with Gasteiger partial charge in [-0.1, -0.05) is 12.1 Å². The number of halogens is 1. The number of para-hydroxylation sites is 1. The lowest BCUT2D eigenvalue weighted by Gasteiger charge is -2.27. The molecule has 0 radical (unpaired) electrons. The molecule has 0 fully saturated rings. The minimum atomic E-state index is -0.273. The summed E-state index contributed by atoms with van der Waals surface area (Å²) >= 11 is 0. The predicted octanol–water partition coefficient (Wildman–Crippen LogP) is 1.72. The number of hydrogen-bond acceptors (Lipinski definition) is 2. The molecule has 2 N–H and O–H groups in total. The van der Waals surface area contributed by atoms with E-state index < -0.39 is 0 Å². The summed E-state index contributed by atoms with van der Waals surface area (Å²) in [6.45, 7) is 2.48. The van der Waals surface area contributed by atoms with Gasteiger partial charge >= 0.3 is 0 Å². The van der Waals surface area contributed by atoms with Crippen molar-refractivity contribution in [2.24, 2.45) is 11.7 Å². The Bertz CT molecular complexity index is 338. The minimum Gasteiger partial charge on any atom is -0.490 e. The van der Waals surface area contributed by atoms with Gasteiger partial charge in [0.2, 0.25) is 0 Å². The van der Waals surface area contributed by atoms with Crippen LogP contribution in [0.25, 0.3) is 0 Å². The van der Waals surface area contributed by atoms with E-state index in [-0.39, 0.29) is 11.9 Å². The fourth-order valence-electron chi connectivity index (χ4n) is 1.75. The van der Waals surface area contributed by atoms with Crippen LogP contribution in [0.1, 0.15) is 12.5 Å². The van der Waals surface area contributed by atoms with Crippen LogP contribution in [0.2, 0.25) is 0 Å². The molecular weight excluding hydrogens is 181 g/mol. The number of ether oxygens (including phenoxy) is 1. The summed E-state index contributed by atoms with van der Waals surface area (Å²) < 4.78 is 18.6. The van der Waals surface area contributed by atoms with Gasteiger partial charge in [0.25, 0.3) is 0 Å². The maximum Gasteiger partial charge on any atom is 0.165 e. The maximum absolute atomic E-state index is 13.2. The van der Waals surface area contributed by atoms with Crippen LogP contribution in [0.3, 0.4) is 0 Å². The zero-order valence-electron chi connectivity index (χ0n) is 8.16. The van der Waals surface area contributed by atoms with Crippen LogP contribution in [0.5, 0.6) is 5.75 Å². The van der Waals surface area contributed by atoms with Crippen LogP contribution in [-0.2, 0) is 6.42 Å². The Morgan fingerprint density at radius 3 is 3.07 bits per heavy atom. The number of hydrogen-bond donors (Lipinski definition) is 1. The normalized spacial score (nSPS) is 22.4. The zero-order chi connectivity index (χ0) is 10.1. The molecule has 0 saturated carbocycles. The summed E-state index contributed by atoms with van der Waals surface area (Å²) in [6, 6.07) is 5.12. The minimum absolute atomic E-state index is 0.0893. The van der Waals surface area contributed by atoms with E-state index >= 15 is 0 Å². The topological polar surface area (TPSA) is 35.2 Å². The highest BCUT2D eigenvalue weighted by molar-refractivity contribution is 5.36. The molecule has 0 amide bonds. The zero-order valence-corrected chi connectivity index (χ0v) is 8.16. The van der Waals surface area contributed by atoms with E-state index in [9.17, 15) is 4.39 Å². The Hall–Kier alpha value is -1.09. The van der Waals surface area contributed by atoms with Gasteiger partial charge in [0.15, 0.2) is 11.6 Å². The first-order chi connectivity index (χ1) is 6.68. The van der Waals surface area contributed by atoms with E-state index in [4.69, 9.17) is 10.5 Å². The van der Waals surface area contributed by atoms with Crippen molar-refractivity contribution in [3.05, 3.63) is 29.6 Å². The van der Waals surface area contributed by atoms with Gasteiger partial charge in [-0.05, 0) is 25.0 Å².